The topological polar surface area (TPSA) is 99.3 Å². The lowest BCUT2D eigenvalue weighted by Gasteiger charge is -2.33. The summed E-state index contributed by atoms with van der Waals surface area (Å²) in [7, 11) is 0. The molecule has 1 fully saturated rings. The van der Waals surface area contributed by atoms with Crippen molar-refractivity contribution in [2.75, 3.05) is 28.2 Å². The smallest absolute Gasteiger partial charge is 0.333 e. The largest absolute Gasteiger partial charge is 0.459 e. The van der Waals surface area contributed by atoms with Crippen LogP contribution in [-0.2, 0) is 20.9 Å². The summed E-state index contributed by atoms with van der Waals surface area (Å²) in [6.07, 6.45) is 5.68. The van der Waals surface area contributed by atoms with Crippen molar-refractivity contribution in [2.45, 2.75) is 58.1 Å². The maximum atomic E-state index is 14.2. The van der Waals surface area contributed by atoms with Gasteiger partial charge in [-0.1, -0.05) is 85.8 Å². The summed E-state index contributed by atoms with van der Waals surface area (Å²) >= 11 is 0. The average Bonchev–Trinajstić information content (AvgIpc) is 3.32. The summed E-state index contributed by atoms with van der Waals surface area (Å²) in [5, 5.41) is 2.78. The molecule has 1 N–H and O–H groups in total. The number of aryl methyl sites for hydroxylation is 1. The lowest BCUT2D eigenvalue weighted by atomic mass is 10.1. The maximum Gasteiger partial charge on any atom is 0.333 e. The van der Waals surface area contributed by atoms with Gasteiger partial charge in [-0.15, -0.1) is 0 Å². The van der Waals surface area contributed by atoms with Crippen LogP contribution >= 0.6 is 0 Å². The number of nitrogens with one attached hydrogen (secondary N) is 1. The summed E-state index contributed by atoms with van der Waals surface area (Å²) in [6.45, 7) is 1.08. The summed E-state index contributed by atoms with van der Waals surface area (Å²) in [5.74, 6) is -1.14. The second-order valence-corrected chi connectivity index (χ2v) is 10.8. The second-order valence-electron chi connectivity index (χ2n) is 10.8. The van der Waals surface area contributed by atoms with Crippen LogP contribution in [0.2, 0.25) is 0 Å². The number of amides is 5. The molecule has 3 aromatic carbocycles. The Morgan fingerprint density at radius 3 is 2.10 bits per heavy atom. The first-order valence-corrected chi connectivity index (χ1v) is 14.5. The van der Waals surface area contributed by atoms with Crippen molar-refractivity contribution in [1.82, 2.24) is 4.90 Å². The van der Waals surface area contributed by atoms with Crippen LogP contribution in [0.4, 0.5) is 26.7 Å². The number of carbonyl (C=O) groups is 4. The Labute approximate surface area is 246 Å². The van der Waals surface area contributed by atoms with Crippen molar-refractivity contribution in [3.8, 4) is 0 Å². The SMILES string of the molecule is Cc1ccc(NC(=O)CN2C(=O)N(CC(=O)OCc3ccccc3)c3ccccc3N(C3CCCCCC3)C2=O)cc1. The molecular formula is C33H36N4O5. The molecule has 9 nitrogen and oxygen atoms in total. The lowest BCUT2D eigenvalue weighted by molar-refractivity contribution is -0.143. The van der Waals surface area contributed by atoms with Crippen LogP contribution in [-0.4, -0.2) is 48.0 Å². The highest BCUT2D eigenvalue weighted by atomic mass is 16.5. The van der Waals surface area contributed by atoms with E-state index < -0.39 is 37.0 Å². The first-order valence-electron chi connectivity index (χ1n) is 14.5. The number of anilines is 3. The summed E-state index contributed by atoms with van der Waals surface area (Å²) in [4.78, 5) is 58.4. The minimum absolute atomic E-state index is 0.0547. The molecule has 9 heteroatoms. The van der Waals surface area contributed by atoms with Crippen LogP contribution in [0.5, 0.6) is 0 Å². The Bertz CT molecular complexity index is 1420. The van der Waals surface area contributed by atoms with Gasteiger partial charge in [0.05, 0.1) is 11.4 Å². The predicted molar refractivity (Wildman–Crippen MR) is 161 cm³/mol. The van der Waals surface area contributed by atoms with Gasteiger partial charge >= 0.3 is 18.0 Å². The van der Waals surface area contributed by atoms with Crippen molar-refractivity contribution >= 4 is 41.0 Å². The molecule has 3 aromatic rings. The monoisotopic (exact) mass is 568 g/mol. The third-order valence-corrected chi connectivity index (χ3v) is 7.69. The van der Waals surface area contributed by atoms with Crippen molar-refractivity contribution in [1.29, 1.82) is 0 Å². The Morgan fingerprint density at radius 2 is 1.40 bits per heavy atom. The molecule has 1 saturated carbocycles. The van der Waals surface area contributed by atoms with E-state index in [1.807, 2.05) is 55.5 Å². The zero-order chi connectivity index (χ0) is 29.5. The van der Waals surface area contributed by atoms with Gasteiger partial charge < -0.3 is 10.1 Å². The first-order chi connectivity index (χ1) is 20.4. The van der Waals surface area contributed by atoms with Crippen LogP contribution in [0.3, 0.4) is 0 Å². The third-order valence-electron chi connectivity index (χ3n) is 7.69. The highest BCUT2D eigenvalue weighted by Gasteiger charge is 2.42. The van der Waals surface area contributed by atoms with Gasteiger partial charge in [0, 0.05) is 11.7 Å². The fourth-order valence-corrected chi connectivity index (χ4v) is 5.51. The number of benzene rings is 3. The van der Waals surface area contributed by atoms with E-state index in [2.05, 4.69) is 5.32 Å². The fourth-order valence-electron chi connectivity index (χ4n) is 5.51. The molecule has 1 heterocycles. The number of nitrogens with zero attached hydrogens (tertiary/aromatic N) is 3. The number of fused-ring (bicyclic) bond motifs is 1. The van der Waals surface area contributed by atoms with Crippen LogP contribution in [0.1, 0.15) is 49.7 Å². The number of rotatable bonds is 8. The molecule has 1 aliphatic carbocycles. The van der Waals surface area contributed by atoms with E-state index in [1.165, 1.54) is 4.90 Å². The highest BCUT2D eigenvalue weighted by molar-refractivity contribution is 6.16. The first kappa shape index (κ1) is 28.9. The summed E-state index contributed by atoms with van der Waals surface area (Å²) in [6, 6.07) is 22.2. The summed E-state index contributed by atoms with van der Waals surface area (Å²) < 4.78 is 5.50. The molecule has 0 atom stereocenters. The minimum Gasteiger partial charge on any atom is -0.459 e. The van der Waals surface area contributed by atoms with Gasteiger partial charge in [0.2, 0.25) is 5.91 Å². The zero-order valence-corrected chi connectivity index (χ0v) is 23.8. The molecule has 0 aromatic heterocycles. The molecule has 5 amide bonds. The maximum absolute atomic E-state index is 14.2. The zero-order valence-electron chi connectivity index (χ0n) is 23.8. The molecule has 1 aliphatic heterocycles. The normalized spacial score (nSPS) is 16.0. The summed E-state index contributed by atoms with van der Waals surface area (Å²) in [5.41, 5.74) is 3.39. The molecule has 0 spiro atoms. The molecule has 2 aliphatic rings. The second kappa shape index (κ2) is 13.3. The van der Waals surface area contributed by atoms with Gasteiger partial charge in [0.1, 0.15) is 19.7 Å². The molecule has 0 bridgehead atoms. The average molecular weight is 569 g/mol. The van der Waals surface area contributed by atoms with Gasteiger partial charge in [-0.05, 0) is 49.6 Å². The fraction of sp³-hybridized carbons (Fsp3) is 0.333. The quantitative estimate of drug-likeness (QED) is 0.255. The van der Waals surface area contributed by atoms with E-state index in [9.17, 15) is 19.2 Å². The number of ether oxygens (including phenoxy) is 1. The number of hydrogen-bond acceptors (Lipinski definition) is 5. The molecule has 42 heavy (non-hydrogen) atoms. The van der Waals surface area contributed by atoms with Gasteiger partial charge in [-0.2, -0.15) is 0 Å². The highest BCUT2D eigenvalue weighted by Crippen LogP contribution is 2.38. The number of carbonyl (C=O) groups excluding carboxylic acids is 4. The Hall–Kier alpha value is -4.66. The number of urea groups is 2. The van der Waals surface area contributed by atoms with Crippen LogP contribution in [0.15, 0.2) is 78.9 Å². The van der Waals surface area contributed by atoms with Crippen LogP contribution < -0.4 is 15.1 Å². The van der Waals surface area contributed by atoms with Crippen molar-refractivity contribution in [3.63, 3.8) is 0 Å². The van der Waals surface area contributed by atoms with Gasteiger partial charge in [-0.3, -0.25) is 19.4 Å². The van der Waals surface area contributed by atoms with E-state index in [0.29, 0.717) is 17.1 Å². The standard InChI is InChI=1S/C33H36N4O5/c1-24-17-19-26(20-18-24)34-30(38)21-36-32(40)35(22-31(39)42-23-25-11-5-4-6-12-25)28-15-9-10-16-29(28)37(33(36)41)27-13-7-2-3-8-14-27/h4-6,9-12,15-20,27H,2-3,7-8,13-14,21-23H2,1H3,(H,34,38). The van der Waals surface area contributed by atoms with E-state index in [4.69, 9.17) is 4.74 Å². The molecular weight excluding hydrogens is 532 g/mol. The van der Waals surface area contributed by atoms with Crippen molar-refractivity contribution < 1.29 is 23.9 Å². The van der Waals surface area contributed by atoms with Gasteiger partial charge in [-0.25, -0.2) is 14.5 Å². The van der Waals surface area contributed by atoms with Crippen LogP contribution in [0.25, 0.3) is 0 Å². The Kier molecular flexibility index (Phi) is 9.16. The minimum atomic E-state index is -0.751. The van der Waals surface area contributed by atoms with Gasteiger partial charge in [0.15, 0.2) is 0 Å². The number of imide groups is 1. The van der Waals surface area contributed by atoms with E-state index in [-0.39, 0.29) is 12.6 Å². The number of para-hydroxylation sites is 2. The van der Waals surface area contributed by atoms with E-state index in [0.717, 1.165) is 54.6 Å². The van der Waals surface area contributed by atoms with Crippen LogP contribution in [0, 0.1) is 6.92 Å². The molecule has 0 saturated heterocycles. The lowest BCUT2D eigenvalue weighted by Crippen LogP contribution is -2.54. The van der Waals surface area contributed by atoms with E-state index in [1.54, 1.807) is 35.2 Å². The number of hydrogen-bond donors (Lipinski definition) is 1. The number of esters is 1. The van der Waals surface area contributed by atoms with Crippen molar-refractivity contribution in [2.24, 2.45) is 0 Å². The van der Waals surface area contributed by atoms with E-state index >= 15 is 0 Å². The molecule has 0 radical (unpaired) electrons. The van der Waals surface area contributed by atoms with Gasteiger partial charge in [0.25, 0.3) is 0 Å². The molecule has 5 rings (SSSR count). The predicted octanol–water partition coefficient (Wildman–Crippen LogP) is 6.27. The Morgan fingerprint density at radius 1 is 0.762 bits per heavy atom. The molecule has 218 valence electrons. The molecule has 0 unspecified atom stereocenters. The Balaban J connectivity index is 1.45. The van der Waals surface area contributed by atoms with Crippen molar-refractivity contribution in [3.05, 3.63) is 90.0 Å². The third kappa shape index (κ3) is 6.79.